The van der Waals surface area contributed by atoms with Crippen LogP contribution in [0.2, 0.25) is 0 Å². The first-order valence-corrected chi connectivity index (χ1v) is 10.9. The van der Waals surface area contributed by atoms with Crippen molar-refractivity contribution in [3.8, 4) is 0 Å². The molecule has 0 bridgehead atoms. The van der Waals surface area contributed by atoms with Gasteiger partial charge in [-0.05, 0) is 63.1 Å². The van der Waals surface area contributed by atoms with Crippen molar-refractivity contribution in [2.75, 3.05) is 10.8 Å². The van der Waals surface area contributed by atoms with Gasteiger partial charge >= 0.3 is 0 Å². The summed E-state index contributed by atoms with van der Waals surface area (Å²) in [5.74, 6) is 0.149. The molecule has 0 saturated carbocycles. The molecular weight excluding hydrogens is 404 g/mol. The topological polar surface area (TPSA) is 97.4 Å². The normalized spacial score (nSPS) is 11.5. The van der Waals surface area contributed by atoms with Gasteiger partial charge in [-0.1, -0.05) is 6.07 Å². The number of nitrogens with one attached hydrogen (secondary N) is 1. The number of hydrogen-bond donors (Lipinski definition) is 1. The molecule has 160 valence electrons. The number of carbonyl (C=O) groups is 1. The van der Waals surface area contributed by atoms with E-state index in [2.05, 4.69) is 10.4 Å². The molecule has 0 fully saturated rings. The number of sulfonamides is 1. The second-order valence-corrected chi connectivity index (χ2v) is 9.14. The summed E-state index contributed by atoms with van der Waals surface area (Å²) in [4.78, 5) is 12.8. The van der Waals surface area contributed by atoms with Crippen LogP contribution in [0, 0.1) is 27.7 Å². The highest BCUT2D eigenvalue weighted by molar-refractivity contribution is 7.93. The number of aromatic nitrogens is 2. The van der Waals surface area contributed by atoms with Crippen molar-refractivity contribution < 1.29 is 17.6 Å². The maximum absolute atomic E-state index is 13.7. The number of rotatable bonds is 7. The number of furan rings is 1. The van der Waals surface area contributed by atoms with Crippen molar-refractivity contribution >= 4 is 21.6 Å². The van der Waals surface area contributed by atoms with Crippen LogP contribution in [0.25, 0.3) is 0 Å². The summed E-state index contributed by atoms with van der Waals surface area (Å²) in [5.41, 5.74) is 3.14. The molecule has 0 saturated heterocycles. The standard InChI is InChI=1S/C21H26N4O4S/c1-14-9-15(2)11-18(10-14)25(13-20(26)22-12-19-7-6-8-29-19)30(27,28)21-16(3)23-24(5)17(21)4/h6-11H,12-13H2,1-5H3,(H,22,26). The summed E-state index contributed by atoms with van der Waals surface area (Å²) in [6.45, 7) is 6.94. The molecule has 0 spiro atoms. The Kier molecular flexibility index (Phi) is 6.02. The van der Waals surface area contributed by atoms with Gasteiger partial charge < -0.3 is 9.73 Å². The van der Waals surface area contributed by atoms with Crippen LogP contribution in [-0.2, 0) is 28.4 Å². The fourth-order valence-corrected chi connectivity index (χ4v) is 5.24. The highest BCUT2D eigenvalue weighted by Gasteiger charge is 2.32. The summed E-state index contributed by atoms with van der Waals surface area (Å²) in [7, 11) is -2.34. The first-order valence-electron chi connectivity index (χ1n) is 9.50. The van der Waals surface area contributed by atoms with E-state index < -0.39 is 15.9 Å². The minimum absolute atomic E-state index is 0.114. The van der Waals surface area contributed by atoms with E-state index >= 15 is 0 Å². The van der Waals surface area contributed by atoms with Crippen molar-refractivity contribution in [3.05, 3.63) is 64.9 Å². The fourth-order valence-electron chi connectivity index (χ4n) is 3.43. The molecule has 3 rings (SSSR count). The Morgan fingerprint density at radius 1 is 1.17 bits per heavy atom. The van der Waals surface area contributed by atoms with Gasteiger partial charge in [-0.3, -0.25) is 13.8 Å². The average Bonchev–Trinajstić information content (AvgIpc) is 3.25. The van der Waals surface area contributed by atoms with Gasteiger partial charge in [-0.15, -0.1) is 0 Å². The first-order chi connectivity index (χ1) is 14.1. The molecule has 0 unspecified atom stereocenters. The zero-order valence-electron chi connectivity index (χ0n) is 17.8. The third-order valence-electron chi connectivity index (χ3n) is 4.81. The lowest BCUT2D eigenvalue weighted by molar-refractivity contribution is -0.119. The van der Waals surface area contributed by atoms with Gasteiger partial charge in [0.25, 0.3) is 10.0 Å². The van der Waals surface area contributed by atoms with Gasteiger partial charge in [0.2, 0.25) is 5.91 Å². The van der Waals surface area contributed by atoms with E-state index in [1.165, 1.54) is 10.9 Å². The van der Waals surface area contributed by atoms with Crippen LogP contribution in [-0.4, -0.2) is 30.7 Å². The summed E-state index contributed by atoms with van der Waals surface area (Å²) in [6, 6.07) is 8.92. The SMILES string of the molecule is Cc1cc(C)cc(N(CC(=O)NCc2ccco2)S(=O)(=O)c2c(C)nn(C)c2C)c1. The highest BCUT2D eigenvalue weighted by atomic mass is 32.2. The zero-order valence-corrected chi connectivity index (χ0v) is 18.6. The van der Waals surface area contributed by atoms with E-state index in [0.29, 0.717) is 22.8 Å². The van der Waals surface area contributed by atoms with Crippen LogP contribution in [0.5, 0.6) is 0 Å². The summed E-state index contributed by atoms with van der Waals surface area (Å²) in [5, 5.41) is 6.95. The van der Waals surface area contributed by atoms with Crippen molar-refractivity contribution in [2.45, 2.75) is 39.1 Å². The van der Waals surface area contributed by atoms with E-state index in [-0.39, 0.29) is 18.0 Å². The number of benzene rings is 1. The maximum Gasteiger partial charge on any atom is 0.268 e. The van der Waals surface area contributed by atoms with Crippen LogP contribution in [0.3, 0.4) is 0 Å². The van der Waals surface area contributed by atoms with Crippen molar-refractivity contribution in [2.24, 2.45) is 7.05 Å². The third kappa shape index (κ3) is 4.40. The van der Waals surface area contributed by atoms with E-state index in [1.807, 2.05) is 19.9 Å². The second-order valence-electron chi connectivity index (χ2n) is 7.34. The highest BCUT2D eigenvalue weighted by Crippen LogP contribution is 2.29. The molecule has 0 aliphatic rings. The lowest BCUT2D eigenvalue weighted by Crippen LogP contribution is -2.41. The molecule has 1 aromatic carbocycles. The number of anilines is 1. The molecule has 0 radical (unpaired) electrons. The summed E-state index contributed by atoms with van der Waals surface area (Å²) in [6.07, 6.45) is 1.52. The smallest absolute Gasteiger partial charge is 0.268 e. The predicted molar refractivity (Wildman–Crippen MR) is 114 cm³/mol. The first kappa shape index (κ1) is 21.6. The van der Waals surface area contributed by atoms with Gasteiger partial charge in [0.05, 0.1) is 29.9 Å². The Balaban J connectivity index is 1.99. The number of amides is 1. The number of aryl methyl sites for hydroxylation is 4. The summed E-state index contributed by atoms with van der Waals surface area (Å²) >= 11 is 0. The van der Waals surface area contributed by atoms with Gasteiger partial charge in [-0.2, -0.15) is 5.10 Å². The summed E-state index contributed by atoms with van der Waals surface area (Å²) < 4.78 is 35.2. The third-order valence-corrected chi connectivity index (χ3v) is 6.84. The Morgan fingerprint density at radius 2 is 1.83 bits per heavy atom. The number of hydrogen-bond acceptors (Lipinski definition) is 5. The molecule has 1 amide bonds. The molecule has 2 heterocycles. The molecule has 2 aromatic heterocycles. The Morgan fingerprint density at radius 3 is 2.37 bits per heavy atom. The number of carbonyl (C=O) groups excluding carboxylic acids is 1. The Hall–Kier alpha value is -3.07. The van der Waals surface area contributed by atoms with Gasteiger partial charge in [0.15, 0.2) is 0 Å². The van der Waals surface area contributed by atoms with E-state index in [4.69, 9.17) is 4.42 Å². The Labute approximate surface area is 176 Å². The quantitative estimate of drug-likeness (QED) is 0.622. The van der Waals surface area contributed by atoms with Crippen molar-refractivity contribution in [1.82, 2.24) is 15.1 Å². The van der Waals surface area contributed by atoms with Gasteiger partial charge in [0, 0.05) is 7.05 Å². The molecule has 8 nitrogen and oxygen atoms in total. The molecule has 0 aliphatic carbocycles. The largest absolute Gasteiger partial charge is 0.467 e. The molecule has 1 N–H and O–H groups in total. The van der Waals surface area contributed by atoms with E-state index in [0.717, 1.165) is 15.4 Å². The predicted octanol–water partition coefficient (Wildman–Crippen LogP) is 2.76. The van der Waals surface area contributed by atoms with E-state index in [1.54, 1.807) is 45.2 Å². The Bertz CT molecular complexity index is 1140. The minimum Gasteiger partial charge on any atom is -0.467 e. The molecule has 0 atom stereocenters. The van der Waals surface area contributed by atoms with Crippen LogP contribution in [0.15, 0.2) is 45.9 Å². The molecule has 0 aliphatic heterocycles. The average molecular weight is 431 g/mol. The maximum atomic E-state index is 13.7. The van der Waals surface area contributed by atoms with Crippen molar-refractivity contribution in [1.29, 1.82) is 0 Å². The monoisotopic (exact) mass is 430 g/mol. The van der Waals surface area contributed by atoms with Crippen molar-refractivity contribution in [3.63, 3.8) is 0 Å². The van der Waals surface area contributed by atoms with Crippen LogP contribution in [0.1, 0.15) is 28.3 Å². The second kappa shape index (κ2) is 8.35. The number of nitrogens with zero attached hydrogens (tertiary/aromatic N) is 3. The van der Waals surface area contributed by atoms with Gasteiger partial charge in [0.1, 0.15) is 17.2 Å². The van der Waals surface area contributed by atoms with Crippen LogP contribution in [0.4, 0.5) is 5.69 Å². The lowest BCUT2D eigenvalue weighted by atomic mass is 10.1. The van der Waals surface area contributed by atoms with Crippen LogP contribution < -0.4 is 9.62 Å². The zero-order chi connectivity index (χ0) is 22.1. The lowest BCUT2D eigenvalue weighted by Gasteiger charge is -2.25. The molecule has 9 heteroatoms. The molecular formula is C21H26N4O4S. The van der Waals surface area contributed by atoms with E-state index in [9.17, 15) is 13.2 Å². The molecule has 3 aromatic rings. The molecule has 30 heavy (non-hydrogen) atoms. The fraction of sp³-hybridized carbons (Fsp3) is 0.333. The minimum atomic E-state index is -4.03. The van der Waals surface area contributed by atoms with Crippen LogP contribution >= 0.6 is 0 Å². The van der Waals surface area contributed by atoms with Gasteiger partial charge in [-0.25, -0.2) is 8.42 Å².